The van der Waals surface area contributed by atoms with Gasteiger partial charge in [-0.15, -0.1) is 0 Å². The number of rotatable bonds is 2. The maximum atomic E-state index is 11.7. The van der Waals surface area contributed by atoms with Gasteiger partial charge in [-0.3, -0.25) is 9.89 Å². The maximum absolute atomic E-state index is 11.7. The van der Waals surface area contributed by atoms with Crippen LogP contribution < -0.4 is 5.43 Å². The molecule has 0 aliphatic heterocycles. The fraction of sp³-hybridized carbons (Fsp3) is 0.500. The number of nitrogens with zero attached hydrogens (tertiary/aromatic N) is 2. The lowest BCUT2D eigenvalue weighted by molar-refractivity contribution is 0.0949. The summed E-state index contributed by atoms with van der Waals surface area (Å²) in [5.41, 5.74) is 5.94. The van der Waals surface area contributed by atoms with Gasteiger partial charge in [-0.2, -0.15) is 10.2 Å². The lowest BCUT2D eigenvalue weighted by atomic mass is 10.2. The average Bonchev–Trinajstić information content (AvgIpc) is 2.74. The van der Waals surface area contributed by atoms with Crippen molar-refractivity contribution in [1.29, 1.82) is 0 Å². The fourth-order valence-corrected chi connectivity index (χ4v) is 1.72. The Kier molecular flexibility index (Phi) is 2.53. The topological polar surface area (TPSA) is 70.1 Å². The summed E-state index contributed by atoms with van der Waals surface area (Å²) in [6.07, 6.45) is 3.02. The molecule has 1 heterocycles. The number of carbonyl (C=O) groups excluding carboxylic acids is 1. The lowest BCUT2D eigenvalue weighted by Crippen LogP contribution is -2.20. The average molecular weight is 206 g/mol. The molecule has 0 saturated carbocycles. The van der Waals surface area contributed by atoms with Gasteiger partial charge in [-0.1, -0.05) is 0 Å². The van der Waals surface area contributed by atoms with E-state index in [1.54, 1.807) is 0 Å². The molecule has 0 radical (unpaired) electrons. The molecule has 0 fully saturated rings. The van der Waals surface area contributed by atoms with Crippen LogP contribution in [0.1, 0.15) is 42.0 Å². The summed E-state index contributed by atoms with van der Waals surface area (Å²) in [5, 5.41) is 10.8. The van der Waals surface area contributed by atoms with Crippen molar-refractivity contribution in [2.45, 2.75) is 33.1 Å². The van der Waals surface area contributed by atoms with Gasteiger partial charge in [0, 0.05) is 17.0 Å². The van der Waals surface area contributed by atoms with Crippen LogP contribution in [0.5, 0.6) is 0 Å². The third-order valence-electron chi connectivity index (χ3n) is 2.40. The monoisotopic (exact) mass is 206 g/mol. The highest BCUT2D eigenvalue weighted by Crippen LogP contribution is 2.22. The molecule has 0 aromatic carbocycles. The number of aromatic nitrogens is 2. The SMILES string of the molecule is CC(C)=NNC(=O)c1n[nH]c2c1CCC2. The van der Waals surface area contributed by atoms with E-state index in [0.29, 0.717) is 5.69 Å². The molecule has 2 N–H and O–H groups in total. The van der Waals surface area contributed by atoms with Crippen molar-refractivity contribution < 1.29 is 4.79 Å². The molecule has 2 rings (SSSR count). The Bertz CT molecular complexity index is 415. The smallest absolute Gasteiger partial charge is 0.281 e. The van der Waals surface area contributed by atoms with E-state index in [1.807, 2.05) is 13.8 Å². The quantitative estimate of drug-likeness (QED) is 0.560. The third-order valence-corrected chi connectivity index (χ3v) is 2.40. The first kappa shape index (κ1) is 9.89. The van der Waals surface area contributed by atoms with Gasteiger partial charge in [0.25, 0.3) is 5.91 Å². The first-order valence-electron chi connectivity index (χ1n) is 5.06. The van der Waals surface area contributed by atoms with Crippen LogP contribution in [0.15, 0.2) is 5.10 Å². The summed E-state index contributed by atoms with van der Waals surface area (Å²) < 4.78 is 0. The second kappa shape index (κ2) is 3.84. The molecule has 1 aromatic rings. The number of fused-ring (bicyclic) bond motifs is 1. The second-order valence-corrected chi connectivity index (χ2v) is 3.88. The molecule has 1 aliphatic rings. The van der Waals surface area contributed by atoms with Crippen molar-refractivity contribution in [3.05, 3.63) is 17.0 Å². The maximum Gasteiger partial charge on any atom is 0.292 e. The summed E-state index contributed by atoms with van der Waals surface area (Å²) in [6, 6.07) is 0. The predicted molar refractivity (Wildman–Crippen MR) is 56.9 cm³/mol. The summed E-state index contributed by atoms with van der Waals surface area (Å²) in [7, 11) is 0. The zero-order chi connectivity index (χ0) is 10.8. The Balaban J connectivity index is 2.16. The van der Waals surface area contributed by atoms with Crippen molar-refractivity contribution in [1.82, 2.24) is 15.6 Å². The Morgan fingerprint density at radius 1 is 1.47 bits per heavy atom. The third kappa shape index (κ3) is 1.91. The largest absolute Gasteiger partial charge is 0.292 e. The van der Waals surface area contributed by atoms with Gasteiger partial charge in [0.1, 0.15) is 0 Å². The molecular formula is C10H14N4O. The zero-order valence-electron chi connectivity index (χ0n) is 8.92. The van der Waals surface area contributed by atoms with E-state index in [2.05, 4.69) is 20.7 Å². The number of aromatic amines is 1. The Morgan fingerprint density at radius 3 is 3.00 bits per heavy atom. The molecule has 15 heavy (non-hydrogen) atoms. The van der Waals surface area contributed by atoms with Crippen LogP contribution in [0.25, 0.3) is 0 Å². The Morgan fingerprint density at radius 2 is 2.27 bits per heavy atom. The number of hydrogen-bond donors (Lipinski definition) is 2. The molecule has 80 valence electrons. The van der Waals surface area contributed by atoms with Crippen LogP contribution in [-0.2, 0) is 12.8 Å². The molecule has 1 aromatic heterocycles. The number of hydrogen-bond acceptors (Lipinski definition) is 3. The molecule has 1 aliphatic carbocycles. The minimum atomic E-state index is -0.226. The van der Waals surface area contributed by atoms with Gasteiger partial charge in [0.15, 0.2) is 5.69 Å². The molecule has 0 spiro atoms. The van der Waals surface area contributed by atoms with Crippen molar-refractivity contribution in [3.63, 3.8) is 0 Å². The molecule has 1 amide bonds. The number of nitrogens with one attached hydrogen (secondary N) is 2. The predicted octanol–water partition coefficient (Wildman–Crippen LogP) is 1.02. The van der Waals surface area contributed by atoms with E-state index in [1.165, 1.54) is 0 Å². The number of carbonyl (C=O) groups is 1. The van der Waals surface area contributed by atoms with Crippen LogP contribution in [0.4, 0.5) is 0 Å². The molecule has 5 nitrogen and oxygen atoms in total. The number of amides is 1. The van der Waals surface area contributed by atoms with Gasteiger partial charge < -0.3 is 0 Å². The van der Waals surface area contributed by atoms with Crippen molar-refractivity contribution in [3.8, 4) is 0 Å². The van der Waals surface area contributed by atoms with Crippen molar-refractivity contribution in [2.24, 2.45) is 5.10 Å². The van der Waals surface area contributed by atoms with E-state index in [0.717, 1.165) is 36.2 Å². The lowest BCUT2D eigenvalue weighted by Gasteiger charge is -1.98. The first-order valence-corrected chi connectivity index (χ1v) is 5.06. The molecule has 5 heteroatoms. The molecular weight excluding hydrogens is 192 g/mol. The van der Waals surface area contributed by atoms with E-state index in [9.17, 15) is 4.79 Å². The van der Waals surface area contributed by atoms with Crippen LogP contribution in [-0.4, -0.2) is 21.8 Å². The van der Waals surface area contributed by atoms with Gasteiger partial charge in [-0.25, -0.2) is 5.43 Å². The van der Waals surface area contributed by atoms with Gasteiger partial charge in [0.05, 0.1) is 0 Å². The highest BCUT2D eigenvalue weighted by molar-refractivity contribution is 5.94. The molecule has 0 atom stereocenters. The summed E-state index contributed by atoms with van der Waals surface area (Å²) >= 11 is 0. The van der Waals surface area contributed by atoms with E-state index in [4.69, 9.17) is 0 Å². The van der Waals surface area contributed by atoms with Crippen LogP contribution in [0.2, 0.25) is 0 Å². The van der Waals surface area contributed by atoms with E-state index in [-0.39, 0.29) is 5.91 Å². The first-order chi connectivity index (χ1) is 7.18. The summed E-state index contributed by atoms with van der Waals surface area (Å²) in [5.74, 6) is -0.226. The van der Waals surface area contributed by atoms with Crippen LogP contribution in [0.3, 0.4) is 0 Å². The summed E-state index contributed by atoms with van der Waals surface area (Å²) in [4.78, 5) is 11.7. The Hall–Kier alpha value is -1.65. The molecule has 0 unspecified atom stereocenters. The van der Waals surface area contributed by atoms with Crippen LogP contribution in [0, 0.1) is 0 Å². The van der Waals surface area contributed by atoms with Crippen molar-refractivity contribution in [2.75, 3.05) is 0 Å². The minimum Gasteiger partial charge on any atom is -0.281 e. The standard InChI is InChI=1S/C10H14N4O/c1-6(2)11-14-10(15)9-7-4-3-5-8(7)12-13-9/h3-5H2,1-2H3,(H,12,13)(H,14,15). The molecule has 0 saturated heterocycles. The van der Waals surface area contributed by atoms with Gasteiger partial charge in [-0.05, 0) is 33.1 Å². The molecule has 0 bridgehead atoms. The zero-order valence-corrected chi connectivity index (χ0v) is 8.92. The van der Waals surface area contributed by atoms with E-state index >= 15 is 0 Å². The second-order valence-electron chi connectivity index (χ2n) is 3.88. The summed E-state index contributed by atoms with van der Waals surface area (Å²) in [6.45, 7) is 3.66. The fourth-order valence-electron chi connectivity index (χ4n) is 1.72. The Labute approximate surface area is 88.0 Å². The van der Waals surface area contributed by atoms with Gasteiger partial charge >= 0.3 is 0 Å². The number of hydrazone groups is 1. The highest BCUT2D eigenvalue weighted by Gasteiger charge is 2.22. The minimum absolute atomic E-state index is 0.226. The van der Waals surface area contributed by atoms with Crippen LogP contribution >= 0.6 is 0 Å². The van der Waals surface area contributed by atoms with E-state index < -0.39 is 0 Å². The van der Waals surface area contributed by atoms with Gasteiger partial charge in [0.2, 0.25) is 0 Å². The number of H-pyrrole nitrogens is 1. The highest BCUT2D eigenvalue weighted by atomic mass is 16.2. The normalized spacial score (nSPS) is 13.5. The van der Waals surface area contributed by atoms with Crippen molar-refractivity contribution >= 4 is 11.6 Å². The number of aryl methyl sites for hydroxylation is 1.